The lowest BCUT2D eigenvalue weighted by Gasteiger charge is -2.09. The van der Waals surface area contributed by atoms with Crippen molar-refractivity contribution in [2.24, 2.45) is 0 Å². The minimum absolute atomic E-state index is 0.646. The van der Waals surface area contributed by atoms with Crippen molar-refractivity contribution in [2.45, 2.75) is 20.4 Å². The minimum Gasteiger partial charge on any atom is -0.492 e. The number of nitrogens with one attached hydrogen (secondary N) is 1. The smallest absolute Gasteiger partial charge is 0.119 e. The van der Waals surface area contributed by atoms with Crippen LogP contribution in [0, 0.1) is 13.8 Å². The molecule has 0 aliphatic rings. The lowest BCUT2D eigenvalue weighted by molar-refractivity contribution is 0.313. The summed E-state index contributed by atoms with van der Waals surface area (Å²) >= 11 is 6.18. The normalized spacial score (nSPS) is 10.6. The average Bonchev–Trinajstić information content (AvgIpc) is 2.41. The van der Waals surface area contributed by atoms with Crippen molar-refractivity contribution >= 4 is 11.6 Å². The van der Waals surface area contributed by atoms with E-state index in [0.717, 1.165) is 29.4 Å². The summed E-state index contributed by atoms with van der Waals surface area (Å²) in [5, 5.41) is 4.15. The Morgan fingerprint density at radius 3 is 2.60 bits per heavy atom. The van der Waals surface area contributed by atoms with Gasteiger partial charge in [-0.1, -0.05) is 35.9 Å². The van der Waals surface area contributed by atoms with Crippen molar-refractivity contribution in [3.63, 3.8) is 0 Å². The van der Waals surface area contributed by atoms with Crippen LogP contribution in [0.4, 0.5) is 0 Å². The van der Waals surface area contributed by atoms with Gasteiger partial charge in [0.15, 0.2) is 0 Å². The first-order chi connectivity index (χ1) is 9.65. The van der Waals surface area contributed by atoms with Gasteiger partial charge >= 0.3 is 0 Å². The van der Waals surface area contributed by atoms with Crippen LogP contribution in [0.25, 0.3) is 0 Å². The summed E-state index contributed by atoms with van der Waals surface area (Å²) < 4.78 is 5.68. The quantitative estimate of drug-likeness (QED) is 0.808. The van der Waals surface area contributed by atoms with Crippen LogP contribution >= 0.6 is 11.6 Å². The van der Waals surface area contributed by atoms with Crippen molar-refractivity contribution in [3.05, 3.63) is 64.2 Å². The molecule has 0 heterocycles. The lowest BCUT2D eigenvalue weighted by Crippen LogP contribution is -2.20. The first-order valence-electron chi connectivity index (χ1n) is 6.80. The minimum atomic E-state index is 0.646. The van der Waals surface area contributed by atoms with Gasteiger partial charge < -0.3 is 10.1 Å². The van der Waals surface area contributed by atoms with E-state index in [1.54, 1.807) is 0 Å². The molecule has 0 aromatic heterocycles. The molecule has 20 heavy (non-hydrogen) atoms. The molecule has 0 saturated carbocycles. The van der Waals surface area contributed by atoms with Crippen LogP contribution in [0.1, 0.15) is 16.7 Å². The highest BCUT2D eigenvalue weighted by Crippen LogP contribution is 2.17. The van der Waals surface area contributed by atoms with Gasteiger partial charge in [-0.05, 0) is 48.7 Å². The van der Waals surface area contributed by atoms with Gasteiger partial charge in [0.2, 0.25) is 0 Å². The predicted molar refractivity (Wildman–Crippen MR) is 84.6 cm³/mol. The second kappa shape index (κ2) is 7.32. The van der Waals surface area contributed by atoms with Gasteiger partial charge in [-0.25, -0.2) is 0 Å². The third kappa shape index (κ3) is 4.55. The van der Waals surface area contributed by atoms with Crippen LogP contribution in [-0.4, -0.2) is 13.2 Å². The molecule has 0 bridgehead atoms. The molecule has 0 unspecified atom stereocenters. The summed E-state index contributed by atoms with van der Waals surface area (Å²) in [7, 11) is 0. The fraction of sp³-hybridized carbons (Fsp3) is 0.294. The van der Waals surface area contributed by atoms with E-state index in [1.807, 2.05) is 31.2 Å². The molecular weight excluding hydrogens is 270 g/mol. The Morgan fingerprint density at radius 1 is 1.05 bits per heavy atom. The highest BCUT2D eigenvalue weighted by molar-refractivity contribution is 6.31. The molecule has 0 radical (unpaired) electrons. The summed E-state index contributed by atoms with van der Waals surface area (Å²) in [5.74, 6) is 0.917. The Bertz CT molecular complexity index is 569. The van der Waals surface area contributed by atoms with Gasteiger partial charge in [0, 0.05) is 18.1 Å². The molecule has 0 atom stereocenters. The van der Waals surface area contributed by atoms with E-state index in [0.29, 0.717) is 6.61 Å². The molecule has 2 aromatic rings. The molecule has 1 N–H and O–H groups in total. The number of rotatable bonds is 6. The van der Waals surface area contributed by atoms with Gasteiger partial charge in [0.25, 0.3) is 0 Å². The zero-order chi connectivity index (χ0) is 14.4. The highest BCUT2D eigenvalue weighted by Gasteiger charge is 2.00. The van der Waals surface area contributed by atoms with E-state index in [1.165, 1.54) is 11.1 Å². The summed E-state index contributed by atoms with van der Waals surface area (Å²) in [5.41, 5.74) is 3.51. The number of hydrogen-bond acceptors (Lipinski definition) is 2. The van der Waals surface area contributed by atoms with Crippen LogP contribution in [0.15, 0.2) is 42.5 Å². The average molecular weight is 290 g/mol. The maximum atomic E-state index is 6.18. The molecule has 0 saturated heterocycles. The van der Waals surface area contributed by atoms with E-state index in [9.17, 15) is 0 Å². The molecular formula is C17H20ClNO. The molecule has 3 heteroatoms. The van der Waals surface area contributed by atoms with Gasteiger partial charge in [-0.15, -0.1) is 0 Å². The van der Waals surface area contributed by atoms with Crippen molar-refractivity contribution in [3.8, 4) is 5.75 Å². The zero-order valence-corrected chi connectivity index (χ0v) is 12.7. The number of aryl methyl sites for hydroxylation is 2. The molecule has 2 aromatic carbocycles. The van der Waals surface area contributed by atoms with E-state index in [2.05, 4.69) is 30.4 Å². The molecule has 0 fully saturated rings. The lowest BCUT2D eigenvalue weighted by atomic mass is 10.1. The first-order valence-corrected chi connectivity index (χ1v) is 7.18. The monoisotopic (exact) mass is 289 g/mol. The van der Waals surface area contributed by atoms with Gasteiger partial charge in [-0.3, -0.25) is 0 Å². The summed E-state index contributed by atoms with van der Waals surface area (Å²) in [6.45, 7) is 6.30. The van der Waals surface area contributed by atoms with Crippen LogP contribution in [0.5, 0.6) is 5.75 Å². The Hall–Kier alpha value is -1.51. The van der Waals surface area contributed by atoms with Crippen molar-refractivity contribution in [1.29, 1.82) is 0 Å². The van der Waals surface area contributed by atoms with Crippen molar-refractivity contribution in [1.82, 2.24) is 5.32 Å². The van der Waals surface area contributed by atoms with E-state index >= 15 is 0 Å². The fourth-order valence-corrected chi connectivity index (χ4v) is 2.27. The van der Waals surface area contributed by atoms with Crippen LogP contribution < -0.4 is 10.1 Å². The summed E-state index contributed by atoms with van der Waals surface area (Å²) in [4.78, 5) is 0. The first kappa shape index (κ1) is 14.9. The Morgan fingerprint density at radius 2 is 1.85 bits per heavy atom. The Kier molecular flexibility index (Phi) is 5.45. The van der Waals surface area contributed by atoms with Crippen molar-refractivity contribution in [2.75, 3.05) is 13.2 Å². The second-order valence-corrected chi connectivity index (χ2v) is 5.34. The molecule has 0 aliphatic heterocycles. The highest BCUT2D eigenvalue weighted by atomic mass is 35.5. The van der Waals surface area contributed by atoms with Crippen LogP contribution in [0.3, 0.4) is 0 Å². The van der Waals surface area contributed by atoms with E-state index in [4.69, 9.17) is 16.3 Å². The molecule has 0 amide bonds. The van der Waals surface area contributed by atoms with E-state index in [-0.39, 0.29) is 0 Å². The molecule has 2 nitrogen and oxygen atoms in total. The van der Waals surface area contributed by atoms with Crippen LogP contribution in [-0.2, 0) is 6.54 Å². The van der Waals surface area contributed by atoms with E-state index < -0.39 is 0 Å². The topological polar surface area (TPSA) is 21.3 Å². The second-order valence-electron chi connectivity index (χ2n) is 4.94. The number of hydrogen-bond donors (Lipinski definition) is 1. The fourth-order valence-electron chi connectivity index (χ4n) is 1.96. The standard InChI is InChI=1S/C17H20ClNO/c1-13-4-3-5-16(10-13)20-9-8-19-12-15-7-6-14(2)11-17(15)18/h3-7,10-11,19H,8-9,12H2,1-2H3. The maximum Gasteiger partial charge on any atom is 0.119 e. The number of ether oxygens (including phenoxy) is 1. The number of benzene rings is 2. The molecule has 0 spiro atoms. The Balaban J connectivity index is 1.71. The largest absolute Gasteiger partial charge is 0.492 e. The van der Waals surface area contributed by atoms with Crippen LogP contribution in [0.2, 0.25) is 5.02 Å². The van der Waals surface area contributed by atoms with Gasteiger partial charge in [0.05, 0.1) is 0 Å². The SMILES string of the molecule is Cc1cccc(OCCNCc2ccc(C)cc2Cl)c1. The zero-order valence-electron chi connectivity index (χ0n) is 11.9. The van der Waals surface area contributed by atoms with Gasteiger partial charge in [0.1, 0.15) is 12.4 Å². The molecule has 106 valence electrons. The predicted octanol–water partition coefficient (Wildman–Crippen LogP) is 4.13. The van der Waals surface area contributed by atoms with Crippen molar-refractivity contribution < 1.29 is 4.74 Å². The Labute approximate surface area is 125 Å². The maximum absolute atomic E-state index is 6.18. The third-order valence-corrected chi connectivity index (χ3v) is 3.41. The van der Waals surface area contributed by atoms with Gasteiger partial charge in [-0.2, -0.15) is 0 Å². The summed E-state index contributed by atoms with van der Waals surface area (Å²) in [6.07, 6.45) is 0. The molecule has 0 aliphatic carbocycles. The third-order valence-electron chi connectivity index (χ3n) is 3.06. The number of halogens is 1. The summed E-state index contributed by atoms with van der Waals surface area (Å²) in [6, 6.07) is 14.2. The molecule has 2 rings (SSSR count).